The van der Waals surface area contributed by atoms with E-state index in [0.29, 0.717) is 18.6 Å². The van der Waals surface area contributed by atoms with Crippen molar-refractivity contribution < 1.29 is 4.74 Å². The highest BCUT2D eigenvalue weighted by Gasteiger charge is 2.27. The Kier molecular flexibility index (Phi) is 4.45. The van der Waals surface area contributed by atoms with Crippen molar-refractivity contribution in [1.82, 2.24) is 4.90 Å². The highest BCUT2D eigenvalue weighted by atomic mass is 16.5. The van der Waals surface area contributed by atoms with Crippen molar-refractivity contribution in [3.63, 3.8) is 0 Å². The van der Waals surface area contributed by atoms with Crippen molar-refractivity contribution in [2.45, 2.75) is 25.3 Å². The van der Waals surface area contributed by atoms with Crippen molar-refractivity contribution in [2.75, 3.05) is 20.2 Å². The molecule has 1 aromatic rings. The van der Waals surface area contributed by atoms with Gasteiger partial charge < -0.3 is 15.4 Å². The van der Waals surface area contributed by atoms with Gasteiger partial charge in [-0.3, -0.25) is 4.99 Å². The maximum Gasteiger partial charge on any atom is 0.191 e. The fourth-order valence-electron chi connectivity index (χ4n) is 1.73. The Hall–Kier alpha value is -1.71. The Labute approximate surface area is 108 Å². The molecule has 1 aromatic carbocycles. The highest BCUT2D eigenvalue weighted by Crippen LogP contribution is 2.24. The molecule has 1 aliphatic rings. The molecule has 0 radical (unpaired) electrons. The van der Waals surface area contributed by atoms with Crippen LogP contribution in [0.3, 0.4) is 0 Å². The van der Waals surface area contributed by atoms with Gasteiger partial charge in [0.05, 0.1) is 6.61 Å². The van der Waals surface area contributed by atoms with Gasteiger partial charge in [-0.05, 0) is 25.0 Å². The maximum absolute atomic E-state index is 5.89. The molecule has 0 spiro atoms. The van der Waals surface area contributed by atoms with Crippen LogP contribution in [0.25, 0.3) is 0 Å². The van der Waals surface area contributed by atoms with Gasteiger partial charge in [0.25, 0.3) is 0 Å². The third kappa shape index (κ3) is 3.95. The van der Waals surface area contributed by atoms with E-state index in [1.54, 1.807) is 0 Å². The zero-order valence-corrected chi connectivity index (χ0v) is 10.9. The monoisotopic (exact) mass is 247 g/mol. The van der Waals surface area contributed by atoms with Gasteiger partial charge in [0.1, 0.15) is 5.75 Å². The molecule has 0 bridgehead atoms. The Morgan fingerprint density at radius 3 is 2.78 bits per heavy atom. The highest BCUT2D eigenvalue weighted by molar-refractivity contribution is 5.78. The van der Waals surface area contributed by atoms with Crippen LogP contribution >= 0.6 is 0 Å². The van der Waals surface area contributed by atoms with Gasteiger partial charge in [-0.25, -0.2) is 0 Å². The SMILES string of the molecule is CN(C(N)=NCCCOc1ccccc1)C1CC1. The minimum atomic E-state index is 0.620. The molecule has 18 heavy (non-hydrogen) atoms. The summed E-state index contributed by atoms with van der Waals surface area (Å²) in [7, 11) is 2.01. The Balaban J connectivity index is 1.62. The summed E-state index contributed by atoms with van der Waals surface area (Å²) in [6.07, 6.45) is 3.36. The van der Waals surface area contributed by atoms with E-state index in [1.165, 1.54) is 12.8 Å². The molecule has 0 aromatic heterocycles. The molecule has 98 valence electrons. The molecule has 2 rings (SSSR count). The van der Waals surface area contributed by atoms with E-state index < -0.39 is 0 Å². The molecule has 1 fully saturated rings. The summed E-state index contributed by atoms with van der Waals surface area (Å²) in [5.74, 6) is 1.56. The number of nitrogens with zero attached hydrogens (tertiary/aromatic N) is 2. The number of nitrogens with two attached hydrogens (primary N) is 1. The van der Waals surface area contributed by atoms with Crippen LogP contribution in [-0.4, -0.2) is 37.1 Å². The first-order valence-corrected chi connectivity index (χ1v) is 6.48. The lowest BCUT2D eigenvalue weighted by atomic mass is 10.3. The number of benzene rings is 1. The van der Waals surface area contributed by atoms with Crippen LogP contribution in [0.2, 0.25) is 0 Å². The van der Waals surface area contributed by atoms with Crippen molar-refractivity contribution in [2.24, 2.45) is 10.7 Å². The lowest BCUT2D eigenvalue weighted by Crippen LogP contribution is -2.35. The minimum Gasteiger partial charge on any atom is -0.494 e. The standard InChI is InChI=1S/C14H21N3O/c1-17(12-8-9-12)14(15)16-10-5-11-18-13-6-3-2-4-7-13/h2-4,6-7,12H,5,8-11H2,1H3,(H2,15,16). The summed E-state index contributed by atoms with van der Waals surface area (Å²) in [5, 5.41) is 0. The molecule has 0 aliphatic heterocycles. The van der Waals surface area contributed by atoms with E-state index in [1.807, 2.05) is 37.4 Å². The second-order valence-corrected chi connectivity index (χ2v) is 4.60. The molecule has 4 heteroatoms. The van der Waals surface area contributed by atoms with E-state index in [2.05, 4.69) is 9.89 Å². The number of para-hydroxylation sites is 1. The first-order valence-electron chi connectivity index (χ1n) is 6.48. The largest absolute Gasteiger partial charge is 0.494 e. The van der Waals surface area contributed by atoms with Gasteiger partial charge >= 0.3 is 0 Å². The van der Waals surface area contributed by atoms with Gasteiger partial charge in [-0.2, -0.15) is 0 Å². The van der Waals surface area contributed by atoms with Crippen LogP contribution < -0.4 is 10.5 Å². The molecule has 0 saturated heterocycles. The topological polar surface area (TPSA) is 50.8 Å². The fraction of sp³-hybridized carbons (Fsp3) is 0.500. The number of hydrogen-bond acceptors (Lipinski definition) is 2. The number of ether oxygens (including phenoxy) is 1. The van der Waals surface area contributed by atoms with Crippen molar-refractivity contribution in [3.8, 4) is 5.75 Å². The number of rotatable bonds is 6. The average Bonchev–Trinajstić information content (AvgIpc) is 3.23. The van der Waals surface area contributed by atoms with Gasteiger partial charge in [0.15, 0.2) is 5.96 Å². The normalized spacial score (nSPS) is 15.5. The molecule has 0 unspecified atom stereocenters. The van der Waals surface area contributed by atoms with E-state index in [-0.39, 0.29) is 0 Å². The maximum atomic E-state index is 5.89. The van der Waals surface area contributed by atoms with Gasteiger partial charge in [0, 0.05) is 26.1 Å². The van der Waals surface area contributed by atoms with Gasteiger partial charge in [-0.1, -0.05) is 18.2 Å². The first kappa shape index (κ1) is 12.7. The second kappa shape index (κ2) is 6.28. The molecular formula is C14H21N3O. The summed E-state index contributed by atoms with van der Waals surface area (Å²) in [4.78, 5) is 6.42. The summed E-state index contributed by atoms with van der Waals surface area (Å²) in [5.41, 5.74) is 5.89. The van der Waals surface area contributed by atoms with E-state index in [9.17, 15) is 0 Å². The van der Waals surface area contributed by atoms with Crippen LogP contribution in [0.5, 0.6) is 5.75 Å². The minimum absolute atomic E-state index is 0.620. The molecule has 0 amide bonds. The predicted octanol–water partition coefficient (Wildman–Crippen LogP) is 1.86. The zero-order chi connectivity index (χ0) is 12.8. The first-order chi connectivity index (χ1) is 8.77. The van der Waals surface area contributed by atoms with Crippen LogP contribution in [0.15, 0.2) is 35.3 Å². The lowest BCUT2D eigenvalue weighted by Gasteiger charge is -2.16. The second-order valence-electron chi connectivity index (χ2n) is 4.60. The van der Waals surface area contributed by atoms with Crippen LogP contribution in [-0.2, 0) is 0 Å². The number of aliphatic imine (C=N–C) groups is 1. The average molecular weight is 247 g/mol. The lowest BCUT2D eigenvalue weighted by molar-refractivity contribution is 0.313. The Morgan fingerprint density at radius 2 is 2.11 bits per heavy atom. The van der Waals surface area contributed by atoms with Gasteiger partial charge in [-0.15, -0.1) is 0 Å². The zero-order valence-electron chi connectivity index (χ0n) is 10.9. The summed E-state index contributed by atoms with van der Waals surface area (Å²) < 4.78 is 5.58. The smallest absolute Gasteiger partial charge is 0.191 e. The molecule has 0 heterocycles. The van der Waals surface area contributed by atoms with Crippen molar-refractivity contribution >= 4 is 5.96 Å². The van der Waals surface area contributed by atoms with Gasteiger partial charge in [0.2, 0.25) is 0 Å². The number of hydrogen-bond donors (Lipinski definition) is 1. The van der Waals surface area contributed by atoms with Crippen LogP contribution in [0, 0.1) is 0 Å². The summed E-state index contributed by atoms with van der Waals surface area (Å²) >= 11 is 0. The summed E-state index contributed by atoms with van der Waals surface area (Å²) in [6, 6.07) is 10.4. The third-order valence-electron chi connectivity index (χ3n) is 3.04. The van der Waals surface area contributed by atoms with Crippen LogP contribution in [0.1, 0.15) is 19.3 Å². The number of guanidine groups is 1. The third-order valence-corrected chi connectivity index (χ3v) is 3.04. The van der Waals surface area contributed by atoms with E-state index in [0.717, 1.165) is 18.7 Å². The summed E-state index contributed by atoms with van der Waals surface area (Å²) in [6.45, 7) is 1.39. The van der Waals surface area contributed by atoms with E-state index >= 15 is 0 Å². The van der Waals surface area contributed by atoms with E-state index in [4.69, 9.17) is 10.5 Å². The predicted molar refractivity (Wildman–Crippen MR) is 73.8 cm³/mol. The quantitative estimate of drug-likeness (QED) is 0.474. The van der Waals surface area contributed by atoms with Crippen molar-refractivity contribution in [3.05, 3.63) is 30.3 Å². The molecule has 1 aliphatic carbocycles. The molecular weight excluding hydrogens is 226 g/mol. The molecule has 0 atom stereocenters. The molecule has 2 N–H and O–H groups in total. The Bertz CT molecular complexity index is 387. The fourth-order valence-corrected chi connectivity index (χ4v) is 1.73. The Morgan fingerprint density at radius 1 is 1.39 bits per heavy atom. The molecule has 1 saturated carbocycles. The molecule has 4 nitrogen and oxygen atoms in total. The van der Waals surface area contributed by atoms with Crippen molar-refractivity contribution in [1.29, 1.82) is 0 Å². The van der Waals surface area contributed by atoms with Crippen LogP contribution in [0.4, 0.5) is 0 Å².